The summed E-state index contributed by atoms with van der Waals surface area (Å²) in [6.07, 6.45) is -0.0560. The minimum Gasteiger partial charge on any atom is -0.379 e. The van der Waals surface area contributed by atoms with E-state index in [-0.39, 0.29) is 12.0 Å². The highest BCUT2D eigenvalue weighted by atomic mass is 16.6. The summed E-state index contributed by atoms with van der Waals surface area (Å²) < 4.78 is 16.3. The zero-order valence-electron chi connectivity index (χ0n) is 14.3. The Morgan fingerprint density at radius 3 is 2.79 bits per heavy atom. The third kappa shape index (κ3) is 4.77. The molecule has 1 amide bonds. The SMILES string of the molecule is Cc1ccc(CN2CCOCC2)cc1C(=O)NCC1COCCO1. The Balaban J connectivity index is 1.58. The van der Waals surface area contributed by atoms with Crippen LogP contribution in [0.1, 0.15) is 21.5 Å². The molecule has 132 valence electrons. The second-order valence-electron chi connectivity index (χ2n) is 6.32. The van der Waals surface area contributed by atoms with Crippen molar-refractivity contribution in [2.45, 2.75) is 19.6 Å². The first-order chi connectivity index (χ1) is 11.7. The van der Waals surface area contributed by atoms with E-state index in [2.05, 4.69) is 16.3 Å². The van der Waals surface area contributed by atoms with Gasteiger partial charge in [-0.05, 0) is 24.1 Å². The smallest absolute Gasteiger partial charge is 0.251 e. The molecule has 24 heavy (non-hydrogen) atoms. The molecule has 0 spiro atoms. The van der Waals surface area contributed by atoms with Crippen LogP contribution in [-0.2, 0) is 20.8 Å². The molecule has 2 aliphatic heterocycles. The van der Waals surface area contributed by atoms with Crippen molar-refractivity contribution in [1.82, 2.24) is 10.2 Å². The highest BCUT2D eigenvalue weighted by molar-refractivity contribution is 5.95. The first kappa shape index (κ1) is 17.4. The number of ether oxygens (including phenoxy) is 3. The third-order valence-electron chi connectivity index (χ3n) is 4.43. The van der Waals surface area contributed by atoms with E-state index in [4.69, 9.17) is 14.2 Å². The number of rotatable bonds is 5. The van der Waals surface area contributed by atoms with Crippen molar-refractivity contribution in [3.8, 4) is 0 Å². The number of hydrogen-bond donors (Lipinski definition) is 1. The van der Waals surface area contributed by atoms with Gasteiger partial charge in [0.25, 0.3) is 5.91 Å². The number of carbonyl (C=O) groups is 1. The second kappa shape index (κ2) is 8.58. The standard InChI is InChI=1S/C18H26N2O4/c1-14-2-3-15(12-20-4-6-22-7-5-20)10-17(14)18(21)19-11-16-13-23-8-9-24-16/h2-3,10,16H,4-9,11-13H2,1H3,(H,19,21). The zero-order valence-corrected chi connectivity index (χ0v) is 14.3. The lowest BCUT2D eigenvalue weighted by atomic mass is 10.0. The van der Waals surface area contributed by atoms with Crippen LogP contribution >= 0.6 is 0 Å². The first-order valence-corrected chi connectivity index (χ1v) is 8.59. The van der Waals surface area contributed by atoms with E-state index in [1.165, 1.54) is 0 Å². The number of nitrogens with zero attached hydrogens (tertiary/aromatic N) is 1. The Labute approximate surface area is 143 Å². The first-order valence-electron chi connectivity index (χ1n) is 8.59. The fourth-order valence-electron chi connectivity index (χ4n) is 2.99. The van der Waals surface area contributed by atoms with Gasteiger partial charge in [-0.15, -0.1) is 0 Å². The molecule has 0 aliphatic carbocycles. The Morgan fingerprint density at radius 1 is 1.21 bits per heavy atom. The molecule has 0 saturated carbocycles. The van der Waals surface area contributed by atoms with E-state index in [1.807, 2.05) is 19.1 Å². The van der Waals surface area contributed by atoms with Crippen molar-refractivity contribution < 1.29 is 19.0 Å². The molecule has 1 aromatic carbocycles. The predicted octanol–water partition coefficient (Wildman–Crippen LogP) is 0.972. The Morgan fingerprint density at radius 2 is 2.04 bits per heavy atom. The molecule has 0 aromatic heterocycles. The number of carbonyl (C=O) groups excluding carboxylic acids is 1. The van der Waals surface area contributed by atoms with Crippen LogP contribution < -0.4 is 5.32 Å². The number of amides is 1. The second-order valence-corrected chi connectivity index (χ2v) is 6.32. The van der Waals surface area contributed by atoms with Crippen LogP contribution in [0.3, 0.4) is 0 Å². The fraction of sp³-hybridized carbons (Fsp3) is 0.611. The van der Waals surface area contributed by atoms with Crippen molar-refractivity contribution in [2.75, 3.05) is 52.7 Å². The predicted molar refractivity (Wildman–Crippen MR) is 90.2 cm³/mol. The van der Waals surface area contributed by atoms with Gasteiger partial charge in [0.2, 0.25) is 0 Å². The number of aryl methyl sites for hydroxylation is 1. The summed E-state index contributed by atoms with van der Waals surface area (Å²) in [7, 11) is 0. The quantitative estimate of drug-likeness (QED) is 0.870. The largest absolute Gasteiger partial charge is 0.379 e. The normalized spacial score (nSPS) is 22.3. The van der Waals surface area contributed by atoms with Gasteiger partial charge in [0, 0.05) is 31.7 Å². The number of benzene rings is 1. The molecule has 2 aliphatic rings. The minimum atomic E-state index is -0.0560. The van der Waals surface area contributed by atoms with Crippen molar-refractivity contribution in [2.24, 2.45) is 0 Å². The summed E-state index contributed by atoms with van der Waals surface area (Å²) in [4.78, 5) is 14.9. The highest BCUT2D eigenvalue weighted by Gasteiger charge is 2.17. The minimum absolute atomic E-state index is 0.0505. The van der Waals surface area contributed by atoms with Gasteiger partial charge in [-0.1, -0.05) is 12.1 Å². The zero-order chi connectivity index (χ0) is 16.8. The number of nitrogens with one attached hydrogen (secondary N) is 1. The van der Waals surface area contributed by atoms with Gasteiger partial charge in [-0.25, -0.2) is 0 Å². The van der Waals surface area contributed by atoms with E-state index >= 15 is 0 Å². The van der Waals surface area contributed by atoms with Gasteiger partial charge in [-0.3, -0.25) is 9.69 Å². The molecule has 3 rings (SSSR count). The van der Waals surface area contributed by atoms with Crippen LogP contribution in [0.4, 0.5) is 0 Å². The molecule has 1 unspecified atom stereocenters. The van der Waals surface area contributed by atoms with E-state index in [9.17, 15) is 4.79 Å². The molecular formula is C18H26N2O4. The number of morpholine rings is 1. The van der Waals surface area contributed by atoms with E-state index < -0.39 is 0 Å². The summed E-state index contributed by atoms with van der Waals surface area (Å²) in [5, 5.41) is 2.96. The molecule has 1 aromatic rings. The Bertz CT molecular complexity index is 552. The van der Waals surface area contributed by atoms with Crippen molar-refractivity contribution in [3.63, 3.8) is 0 Å². The monoisotopic (exact) mass is 334 g/mol. The molecule has 0 bridgehead atoms. The van der Waals surface area contributed by atoms with Crippen LogP contribution in [0.25, 0.3) is 0 Å². The van der Waals surface area contributed by atoms with E-state index in [1.54, 1.807) is 0 Å². The lowest BCUT2D eigenvalue weighted by Crippen LogP contribution is -2.40. The Kier molecular flexibility index (Phi) is 6.20. The van der Waals surface area contributed by atoms with Crippen molar-refractivity contribution in [1.29, 1.82) is 0 Å². The van der Waals surface area contributed by atoms with Gasteiger partial charge in [-0.2, -0.15) is 0 Å². The maximum atomic E-state index is 12.5. The summed E-state index contributed by atoms with van der Waals surface area (Å²) in [5.74, 6) is -0.0505. The molecule has 2 heterocycles. The fourth-order valence-corrected chi connectivity index (χ4v) is 2.99. The van der Waals surface area contributed by atoms with Crippen LogP contribution in [-0.4, -0.2) is 69.6 Å². The average molecular weight is 334 g/mol. The molecule has 1 N–H and O–H groups in total. The summed E-state index contributed by atoms with van der Waals surface area (Å²) in [6.45, 7) is 8.50. The topological polar surface area (TPSA) is 60.0 Å². The third-order valence-corrected chi connectivity index (χ3v) is 4.43. The van der Waals surface area contributed by atoms with Gasteiger partial charge in [0.1, 0.15) is 0 Å². The molecule has 2 fully saturated rings. The summed E-state index contributed by atoms with van der Waals surface area (Å²) in [5.41, 5.74) is 2.88. The van der Waals surface area contributed by atoms with Gasteiger partial charge < -0.3 is 19.5 Å². The molecule has 0 radical (unpaired) electrons. The molecule has 6 nitrogen and oxygen atoms in total. The summed E-state index contributed by atoms with van der Waals surface area (Å²) in [6, 6.07) is 6.11. The van der Waals surface area contributed by atoms with Crippen LogP contribution in [0, 0.1) is 6.92 Å². The van der Waals surface area contributed by atoms with Gasteiger partial charge in [0.05, 0.1) is 39.1 Å². The lowest BCUT2D eigenvalue weighted by molar-refractivity contribution is -0.0855. The molecule has 1 atom stereocenters. The average Bonchev–Trinajstić information content (AvgIpc) is 2.63. The molecule has 6 heteroatoms. The lowest BCUT2D eigenvalue weighted by Gasteiger charge is -2.27. The maximum absolute atomic E-state index is 12.5. The summed E-state index contributed by atoms with van der Waals surface area (Å²) >= 11 is 0. The van der Waals surface area contributed by atoms with Crippen molar-refractivity contribution >= 4 is 5.91 Å². The maximum Gasteiger partial charge on any atom is 0.251 e. The van der Waals surface area contributed by atoms with Gasteiger partial charge in [0.15, 0.2) is 0 Å². The number of hydrogen-bond acceptors (Lipinski definition) is 5. The highest BCUT2D eigenvalue weighted by Crippen LogP contribution is 2.14. The van der Waals surface area contributed by atoms with E-state index in [0.29, 0.717) is 26.4 Å². The van der Waals surface area contributed by atoms with Crippen LogP contribution in [0.5, 0.6) is 0 Å². The van der Waals surface area contributed by atoms with Crippen molar-refractivity contribution in [3.05, 3.63) is 34.9 Å². The Hall–Kier alpha value is -1.47. The van der Waals surface area contributed by atoms with Gasteiger partial charge >= 0.3 is 0 Å². The molecular weight excluding hydrogens is 308 g/mol. The molecule has 2 saturated heterocycles. The van der Waals surface area contributed by atoms with Crippen LogP contribution in [0.15, 0.2) is 18.2 Å². The van der Waals surface area contributed by atoms with E-state index in [0.717, 1.165) is 49.5 Å². The van der Waals surface area contributed by atoms with Crippen LogP contribution in [0.2, 0.25) is 0 Å².